The molecule has 3 aromatic heterocycles. The van der Waals surface area contributed by atoms with E-state index in [9.17, 15) is 0 Å². The van der Waals surface area contributed by atoms with E-state index in [1.54, 1.807) is 16.9 Å². The molecule has 16 heavy (non-hydrogen) atoms. The normalized spacial score (nSPS) is 11.1. The van der Waals surface area contributed by atoms with Crippen molar-refractivity contribution in [2.24, 2.45) is 5.73 Å². The number of aromatic nitrogens is 5. The van der Waals surface area contributed by atoms with Gasteiger partial charge in [0.15, 0.2) is 5.82 Å². The van der Waals surface area contributed by atoms with Gasteiger partial charge < -0.3 is 5.73 Å². The molecule has 0 spiro atoms. The zero-order valence-corrected chi connectivity index (χ0v) is 9.05. The molecule has 0 aliphatic carbocycles. The minimum atomic E-state index is 0.417. The van der Waals surface area contributed by atoms with E-state index in [2.05, 4.69) is 20.3 Å². The van der Waals surface area contributed by atoms with Gasteiger partial charge in [-0.15, -0.1) is 10.2 Å². The van der Waals surface area contributed by atoms with Crippen molar-refractivity contribution in [3.05, 3.63) is 29.5 Å². The first-order valence-corrected chi connectivity index (χ1v) is 5.51. The van der Waals surface area contributed by atoms with Crippen molar-refractivity contribution in [3.63, 3.8) is 0 Å². The fourth-order valence-corrected chi connectivity index (χ4v) is 2.13. The molecule has 0 unspecified atom stereocenters. The number of hydrogen-bond acceptors (Lipinski definition) is 6. The zero-order valence-electron chi connectivity index (χ0n) is 8.24. The summed E-state index contributed by atoms with van der Waals surface area (Å²) in [6.07, 6.45) is 3.45. The lowest BCUT2D eigenvalue weighted by molar-refractivity contribution is 0.893. The van der Waals surface area contributed by atoms with Crippen molar-refractivity contribution >= 4 is 16.3 Å². The summed E-state index contributed by atoms with van der Waals surface area (Å²) in [6, 6.07) is 3.78. The Bertz CT molecular complexity index is 613. The smallest absolute Gasteiger partial charge is 0.235 e. The Morgan fingerprint density at radius 2 is 2.31 bits per heavy atom. The molecule has 2 N–H and O–H groups in total. The van der Waals surface area contributed by atoms with E-state index >= 15 is 0 Å². The van der Waals surface area contributed by atoms with Crippen LogP contribution in [0, 0.1) is 0 Å². The predicted molar refractivity (Wildman–Crippen MR) is 59.8 cm³/mol. The van der Waals surface area contributed by atoms with E-state index in [-0.39, 0.29) is 0 Å². The molecular formula is C9H8N6S. The minimum Gasteiger partial charge on any atom is -0.324 e. The first-order valence-electron chi connectivity index (χ1n) is 4.70. The average Bonchev–Trinajstić information content (AvgIpc) is 2.88. The third-order valence-corrected chi connectivity index (χ3v) is 3.05. The highest BCUT2D eigenvalue weighted by Gasteiger charge is 2.12. The third kappa shape index (κ3) is 1.37. The summed E-state index contributed by atoms with van der Waals surface area (Å²) in [5, 5.41) is 13.3. The number of hydrogen-bond donors (Lipinski definition) is 1. The first kappa shape index (κ1) is 9.37. The summed E-state index contributed by atoms with van der Waals surface area (Å²) in [7, 11) is 0. The van der Waals surface area contributed by atoms with Crippen LogP contribution in [0.5, 0.6) is 0 Å². The number of rotatable bonds is 2. The standard InChI is InChI=1S/C9H8N6S/c10-4-7-14-15-8(12-13-9(15)16-7)6-2-1-3-11-5-6/h1-3,5H,4,10H2. The lowest BCUT2D eigenvalue weighted by Gasteiger charge is -1.94. The van der Waals surface area contributed by atoms with E-state index in [4.69, 9.17) is 5.73 Å². The Hall–Kier alpha value is -1.86. The molecule has 0 saturated heterocycles. The highest BCUT2D eigenvalue weighted by Crippen LogP contribution is 2.20. The lowest BCUT2D eigenvalue weighted by atomic mass is 10.3. The summed E-state index contributed by atoms with van der Waals surface area (Å²) < 4.78 is 1.70. The minimum absolute atomic E-state index is 0.417. The van der Waals surface area contributed by atoms with Crippen molar-refractivity contribution in [1.29, 1.82) is 0 Å². The fraction of sp³-hybridized carbons (Fsp3) is 0.111. The van der Waals surface area contributed by atoms with Crippen molar-refractivity contribution < 1.29 is 0 Å². The molecule has 0 aliphatic heterocycles. The highest BCUT2D eigenvalue weighted by molar-refractivity contribution is 7.16. The molecule has 0 amide bonds. The molecule has 3 aromatic rings. The molecule has 0 radical (unpaired) electrons. The summed E-state index contributed by atoms with van der Waals surface area (Å²) in [4.78, 5) is 4.79. The molecule has 3 rings (SSSR count). The Kier molecular flexibility index (Phi) is 2.12. The van der Waals surface area contributed by atoms with E-state index < -0.39 is 0 Å². The van der Waals surface area contributed by atoms with Gasteiger partial charge in [-0.25, -0.2) is 0 Å². The molecule has 3 heterocycles. The Morgan fingerprint density at radius 1 is 1.38 bits per heavy atom. The van der Waals surface area contributed by atoms with Crippen molar-refractivity contribution in [2.75, 3.05) is 0 Å². The van der Waals surface area contributed by atoms with Crippen LogP contribution in [0.2, 0.25) is 0 Å². The van der Waals surface area contributed by atoms with Crippen LogP contribution in [0.3, 0.4) is 0 Å². The summed E-state index contributed by atoms with van der Waals surface area (Å²) in [6.45, 7) is 0.417. The van der Waals surface area contributed by atoms with E-state index in [1.807, 2.05) is 12.1 Å². The SMILES string of the molecule is NCc1nn2c(-c3cccnc3)nnc2s1. The fourth-order valence-electron chi connectivity index (χ4n) is 1.41. The second-order valence-electron chi connectivity index (χ2n) is 3.16. The number of fused-ring (bicyclic) bond motifs is 1. The highest BCUT2D eigenvalue weighted by atomic mass is 32.1. The van der Waals surface area contributed by atoms with Crippen LogP contribution in [-0.2, 0) is 6.54 Å². The second kappa shape index (κ2) is 3.62. The lowest BCUT2D eigenvalue weighted by Crippen LogP contribution is -1.97. The molecule has 6 nitrogen and oxygen atoms in total. The molecule has 7 heteroatoms. The molecule has 0 bridgehead atoms. The monoisotopic (exact) mass is 232 g/mol. The van der Waals surface area contributed by atoms with Gasteiger partial charge in [-0.2, -0.15) is 9.61 Å². The van der Waals surface area contributed by atoms with Crippen LogP contribution in [0.4, 0.5) is 0 Å². The predicted octanol–water partition coefficient (Wildman–Crippen LogP) is 0.706. The average molecular weight is 232 g/mol. The van der Waals surface area contributed by atoms with Gasteiger partial charge in [-0.05, 0) is 12.1 Å². The van der Waals surface area contributed by atoms with Gasteiger partial charge >= 0.3 is 0 Å². The van der Waals surface area contributed by atoms with Crippen LogP contribution < -0.4 is 5.73 Å². The zero-order chi connectivity index (χ0) is 11.0. The Labute approximate surface area is 94.8 Å². The molecule has 0 aliphatic rings. The summed E-state index contributed by atoms with van der Waals surface area (Å²) >= 11 is 1.45. The Balaban J connectivity index is 2.20. The van der Waals surface area contributed by atoms with Crippen LogP contribution >= 0.6 is 11.3 Å². The number of nitrogens with zero attached hydrogens (tertiary/aromatic N) is 5. The van der Waals surface area contributed by atoms with E-state index in [0.717, 1.165) is 15.5 Å². The van der Waals surface area contributed by atoms with Crippen molar-refractivity contribution in [2.45, 2.75) is 6.54 Å². The topological polar surface area (TPSA) is 82.0 Å². The van der Waals surface area contributed by atoms with Gasteiger partial charge in [0, 0.05) is 24.5 Å². The number of nitrogens with two attached hydrogens (primary N) is 1. The van der Waals surface area contributed by atoms with Crippen molar-refractivity contribution in [1.82, 2.24) is 24.8 Å². The molecule has 0 atom stereocenters. The van der Waals surface area contributed by atoms with Gasteiger partial charge in [0.2, 0.25) is 4.96 Å². The van der Waals surface area contributed by atoms with E-state index in [1.165, 1.54) is 11.3 Å². The van der Waals surface area contributed by atoms with Crippen LogP contribution in [0.1, 0.15) is 5.01 Å². The Morgan fingerprint density at radius 3 is 3.06 bits per heavy atom. The maximum Gasteiger partial charge on any atom is 0.235 e. The van der Waals surface area contributed by atoms with Gasteiger partial charge in [0.25, 0.3) is 0 Å². The van der Waals surface area contributed by atoms with Crippen LogP contribution in [0.15, 0.2) is 24.5 Å². The molecule has 80 valence electrons. The van der Waals surface area contributed by atoms with Crippen molar-refractivity contribution in [3.8, 4) is 11.4 Å². The van der Waals surface area contributed by atoms with Gasteiger partial charge in [0.05, 0.1) is 0 Å². The maximum absolute atomic E-state index is 5.54. The molecule has 0 fully saturated rings. The van der Waals surface area contributed by atoms with E-state index in [0.29, 0.717) is 12.4 Å². The van der Waals surface area contributed by atoms with Gasteiger partial charge in [-0.1, -0.05) is 11.3 Å². The van der Waals surface area contributed by atoms with Crippen LogP contribution in [-0.4, -0.2) is 24.8 Å². The molecule has 0 aromatic carbocycles. The molecular weight excluding hydrogens is 224 g/mol. The first-order chi connectivity index (χ1) is 7.88. The molecule has 0 saturated carbocycles. The van der Waals surface area contributed by atoms with Crippen LogP contribution in [0.25, 0.3) is 16.3 Å². The number of pyridine rings is 1. The maximum atomic E-state index is 5.54. The summed E-state index contributed by atoms with van der Waals surface area (Å²) in [5.41, 5.74) is 6.43. The third-order valence-electron chi connectivity index (χ3n) is 2.13. The largest absolute Gasteiger partial charge is 0.324 e. The second-order valence-corrected chi connectivity index (χ2v) is 4.20. The summed E-state index contributed by atoms with van der Waals surface area (Å²) in [5.74, 6) is 0.694. The van der Waals surface area contributed by atoms with Gasteiger partial charge in [-0.3, -0.25) is 4.98 Å². The van der Waals surface area contributed by atoms with Gasteiger partial charge in [0.1, 0.15) is 5.01 Å². The quantitative estimate of drug-likeness (QED) is 0.703.